The van der Waals surface area contributed by atoms with E-state index in [2.05, 4.69) is 5.32 Å². The van der Waals surface area contributed by atoms with Gasteiger partial charge >= 0.3 is 5.97 Å². The van der Waals surface area contributed by atoms with Gasteiger partial charge in [0.2, 0.25) is 6.41 Å². The molecule has 1 aromatic carbocycles. The van der Waals surface area contributed by atoms with Gasteiger partial charge in [0.25, 0.3) is 0 Å². The van der Waals surface area contributed by atoms with Crippen LogP contribution in [0.15, 0.2) is 57.8 Å². The SMILES string of the molecule is O=CNc1ccc(-c2c3ccc(=O)cc-3oc3c2=CC=CC(O)C=3)c(C(=O)O)c1. The van der Waals surface area contributed by atoms with Crippen LogP contribution < -0.4 is 21.4 Å². The van der Waals surface area contributed by atoms with Gasteiger partial charge in [0.1, 0.15) is 11.2 Å². The van der Waals surface area contributed by atoms with E-state index in [0.29, 0.717) is 39.4 Å². The number of aromatic carboxylic acids is 1. The zero-order valence-corrected chi connectivity index (χ0v) is 15.0. The van der Waals surface area contributed by atoms with Crippen LogP contribution in [0.3, 0.4) is 0 Å². The van der Waals surface area contributed by atoms with Gasteiger partial charge in [0.15, 0.2) is 5.43 Å². The summed E-state index contributed by atoms with van der Waals surface area (Å²) in [6.07, 6.45) is 5.98. The third kappa shape index (κ3) is 3.35. The maximum atomic E-state index is 12.0. The quantitative estimate of drug-likeness (QED) is 0.577. The van der Waals surface area contributed by atoms with Gasteiger partial charge in [-0.05, 0) is 35.9 Å². The van der Waals surface area contributed by atoms with Crippen molar-refractivity contribution in [2.75, 3.05) is 5.32 Å². The lowest BCUT2D eigenvalue weighted by Crippen LogP contribution is -2.29. The van der Waals surface area contributed by atoms with Crippen LogP contribution in [0.4, 0.5) is 5.69 Å². The molecule has 1 unspecified atom stereocenters. The Morgan fingerprint density at radius 1 is 1.14 bits per heavy atom. The van der Waals surface area contributed by atoms with Gasteiger partial charge in [-0.15, -0.1) is 0 Å². The number of rotatable bonds is 4. The molecule has 7 heteroatoms. The molecule has 1 aromatic rings. The minimum Gasteiger partial charge on any atom is -0.478 e. The highest BCUT2D eigenvalue weighted by Crippen LogP contribution is 2.32. The largest absolute Gasteiger partial charge is 0.478 e. The monoisotopic (exact) mass is 389 g/mol. The normalized spacial score (nSPS) is 15.0. The first-order valence-corrected chi connectivity index (χ1v) is 8.71. The summed E-state index contributed by atoms with van der Waals surface area (Å²) in [5.41, 5.74) is 1.86. The Morgan fingerprint density at radius 3 is 2.69 bits per heavy atom. The average molecular weight is 389 g/mol. The molecule has 3 aliphatic rings. The molecular formula is C22H15NO6. The molecule has 29 heavy (non-hydrogen) atoms. The first kappa shape index (κ1) is 18.4. The smallest absolute Gasteiger partial charge is 0.336 e. The standard InChI is InChI=1S/C22H15NO6/c24-11-23-12-4-6-15(18(8-12)22(27)28)21-16-3-1-2-13(25)9-19(16)29-20-10-14(26)5-7-17(20)21/h1-11,13,25H,(H,23,24)(H,27,28). The van der Waals surface area contributed by atoms with E-state index >= 15 is 0 Å². The molecule has 1 aliphatic heterocycles. The molecular weight excluding hydrogens is 374 g/mol. The summed E-state index contributed by atoms with van der Waals surface area (Å²) < 4.78 is 5.85. The van der Waals surface area contributed by atoms with Crippen LogP contribution in [0.5, 0.6) is 0 Å². The maximum absolute atomic E-state index is 12.0. The molecule has 1 amide bonds. The molecule has 0 saturated heterocycles. The zero-order chi connectivity index (χ0) is 20.5. The third-order valence-electron chi connectivity index (χ3n) is 4.62. The summed E-state index contributed by atoms with van der Waals surface area (Å²) >= 11 is 0. The number of carboxylic acids is 1. The Hall–Kier alpha value is -3.97. The summed E-state index contributed by atoms with van der Waals surface area (Å²) in [5, 5.41) is 22.8. The topological polar surface area (TPSA) is 117 Å². The van der Waals surface area contributed by atoms with Crippen LogP contribution in [0.2, 0.25) is 0 Å². The lowest BCUT2D eigenvalue weighted by Gasteiger charge is -2.15. The van der Waals surface area contributed by atoms with Gasteiger partial charge in [0, 0.05) is 28.1 Å². The number of benzene rings is 2. The number of carbonyl (C=O) groups excluding carboxylic acids is 1. The number of amides is 1. The van der Waals surface area contributed by atoms with Gasteiger partial charge in [-0.25, -0.2) is 4.79 Å². The minimum absolute atomic E-state index is 0.0278. The fraction of sp³-hybridized carbons (Fsp3) is 0.0455. The molecule has 0 radical (unpaired) electrons. The Balaban J connectivity index is 2.17. The summed E-state index contributed by atoms with van der Waals surface area (Å²) in [4.78, 5) is 34.6. The van der Waals surface area contributed by atoms with Crippen molar-refractivity contribution >= 4 is 30.2 Å². The van der Waals surface area contributed by atoms with Crippen molar-refractivity contribution in [2.24, 2.45) is 0 Å². The Labute approximate surface area is 163 Å². The van der Waals surface area contributed by atoms with Crippen molar-refractivity contribution in [3.05, 3.63) is 75.0 Å². The molecule has 3 N–H and O–H groups in total. The van der Waals surface area contributed by atoms with Crippen molar-refractivity contribution in [2.45, 2.75) is 6.10 Å². The number of fused-ring (bicyclic) bond motifs is 2. The molecule has 1 atom stereocenters. The number of allylic oxidation sites excluding steroid dienone is 1. The molecule has 7 nitrogen and oxygen atoms in total. The van der Waals surface area contributed by atoms with E-state index in [1.54, 1.807) is 36.4 Å². The number of nitrogens with one attached hydrogen (secondary N) is 1. The fourth-order valence-corrected chi connectivity index (χ4v) is 3.39. The first-order chi connectivity index (χ1) is 14.0. The van der Waals surface area contributed by atoms with E-state index in [0.717, 1.165) is 0 Å². The van der Waals surface area contributed by atoms with Crippen molar-refractivity contribution in [1.29, 1.82) is 0 Å². The lowest BCUT2D eigenvalue weighted by atomic mass is 9.91. The van der Waals surface area contributed by atoms with Crippen molar-refractivity contribution in [1.82, 2.24) is 0 Å². The zero-order valence-electron chi connectivity index (χ0n) is 15.0. The second-order valence-corrected chi connectivity index (χ2v) is 6.45. The van der Waals surface area contributed by atoms with Crippen LogP contribution in [0, 0.1) is 0 Å². The van der Waals surface area contributed by atoms with Crippen LogP contribution >= 0.6 is 0 Å². The highest BCUT2D eigenvalue weighted by atomic mass is 16.4. The molecule has 2 aliphatic carbocycles. The van der Waals surface area contributed by atoms with Crippen molar-refractivity contribution in [3.63, 3.8) is 0 Å². The van der Waals surface area contributed by atoms with Crippen molar-refractivity contribution < 1.29 is 24.2 Å². The Kier molecular flexibility index (Phi) is 4.58. The molecule has 144 valence electrons. The number of hydrogen-bond acceptors (Lipinski definition) is 5. The molecule has 0 bridgehead atoms. The first-order valence-electron chi connectivity index (χ1n) is 8.71. The highest BCUT2D eigenvalue weighted by Gasteiger charge is 2.21. The number of aliphatic hydroxyl groups excluding tert-OH is 1. The van der Waals surface area contributed by atoms with Gasteiger partial charge in [-0.1, -0.05) is 24.3 Å². The van der Waals surface area contributed by atoms with Crippen LogP contribution in [0.1, 0.15) is 10.4 Å². The minimum atomic E-state index is -1.18. The third-order valence-corrected chi connectivity index (χ3v) is 4.62. The molecule has 0 saturated carbocycles. The van der Waals surface area contributed by atoms with Crippen LogP contribution in [0.25, 0.3) is 34.6 Å². The van der Waals surface area contributed by atoms with Gasteiger partial charge < -0.3 is 19.9 Å². The predicted molar refractivity (Wildman–Crippen MR) is 107 cm³/mol. The van der Waals surface area contributed by atoms with E-state index in [1.807, 2.05) is 0 Å². The number of hydrogen-bond donors (Lipinski definition) is 3. The number of anilines is 1. The molecule has 0 aromatic heterocycles. The van der Waals surface area contributed by atoms with E-state index < -0.39 is 12.1 Å². The summed E-state index contributed by atoms with van der Waals surface area (Å²) in [6, 6.07) is 8.82. The molecule has 1 heterocycles. The molecule has 4 rings (SSSR count). The van der Waals surface area contributed by atoms with E-state index in [1.165, 1.54) is 24.3 Å². The number of carbonyl (C=O) groups is 2. The summed E-state index contributed by atoms with van der Waals surface area (Å²) in [5.74, 6) is -0.901. The fourth-order valence-electron chi connectivity index (χ4n) is 3.39. The van der Waals surface area contributed by atoms with Crippen LogP contribution in [-0.4, -0.2) is 28.7 Å². The highest BCUT2D eigenvalue weighted by molar-refractivity contribution is 6.00. The van der Waals surface area contributed by atoms with Gasteiger partial charge in [0.05, 0.1) is 11.7 Å². The lowest BCUT2D eigenvalue weighted by molar-refractivity contribution is -0.105. The number of carboxylic acid groups (broad SMARTS) is 1. The Morgan fingerprint density at radius 2 is 1.93 bits per heavy atom. The van der Waals surface area contributed by atoms with Crippen LogP contribution in [-0.2, 0) is 4.79 Å². The van der Waals surface area contributed by atoms with Gasteiger partial charge in [-0.3, -0.25) is 9.59 Å². The van der Waals surface area contributed by atoms with Gasteiger partial charge in [-0.2, -0.15) is 0 Å². The summed E-state index contributed by atoms with van der Waals surface area (Å²) in [6.45, 7) is 0. The predicted octanol–water partition coefficient (Wildman–Crippen LogP) is 1.17. The average Bonchev–Trinajstić information content (AvgIpc) is 2.86. The van der Waals surface area contributed by atoms with Crippen molar-refractivity contribution in [3.8, 4) is 22.5 Å². The molecule has 0 spiro atoms. The van der Waals surface area contributed by atoms with E-state index in [4.69, 9.17) is 4.42 Å². The molecule has 0 fully saturated rings. The van der Waals surface area contributed by atoms with E-state index in [9.17, 15) is 24.6 Å². The maximum Gasteiger partial charge on any atom is 0.336 e. The second-order valence-electron chi connectivity index (χ2n) is 6.45. The van der Waals surface area contributed by atoms with E-state index in [-0.39, 0.29) is 16.8 Å². The number of aliphatic hydroxyl groups is 1. The Bertz CT molecular complexity index is 1320. The summed E-state index contributed by atoms with van der Waals surface area (Å²) in [7, 11) is 0. The second kappa shape index (κ2) is 7.21.